The van der Waals surface area contributed by atoms with Gasteiger partial charge in [0.2, 0.25) is 0 Å². The minimum Gasteiger partial charge on any atom is -0.298 e. The highest BCUT2D eigenvalue weighted by Gasteiger charge is 2.66. The molecule has 1 aromatic heterocycles. The van der Waals surface area contributed by atoms with E-state index >= 15 is 0 Å². The van der Waals surface area contributed by atoms with E-state index in [0.29, 0.717) is 16.4 Å². The number of nitrogens with zero attached hydrogens (tertiary/aromatic N) is 2. The molecule has 4 heteroatoms. The van der Waals surface area contributed by atoms with E-state index in [0.717, 1.165) is 24.1 Å². The van der Waals surface area contributed by atoms with E-state index in [1.165, 1.54) is 11.8 Å². The number of ketones is 1. The Bertz CT molecular complexity index is 915. The van der Waals surface area contributed by atoms with Gasteiger partial charge in [-0.1, -0.05) is 62.9 Å². The van der Waals surface area contributed by atoms with Gasteiger partial charge in [0.1, 0.15) is 16.9 Å². The van der Waals surface area contributed by atoms with Crippen LogP contribution in [0.5, 0.6) is 0 Å². The van der Waals surface area contributed by atoms with Crippen LogP contribution >= 0.6 is 11.8 Å². The Hall–Kier alpha value is -2.12. The van der Waals surface area contributed by atoms with E-state index in [-0.39, 0.29) is 22.0 Å². The van der Waals surface area contributed by atoms with Crippen molar-refractivity contribution in [1.82, 2.24) is 4.98 Å². The number of hydrogen-bond acceptors (Lipinski definition) is 4. The summed E-state index contributed by atoms with van der Waals surface area (Å²) >= 11 is 1.50. The summed E-state index contributed by atoms with van der Waals surface area (Å²) in [4.78, 5) is 17.8. The molecule has 3 atom stereocenters. The third kappa shape index (κ3) is 2.34. The molecule has 0 saturated heterocycles. The highest BCUT2D eigenvalue weighted by Crippen LogP contribution is 2.67. The first kappa shape index (κ1) is 17.3. The lowest BCUT2D eigenvalue weighted by molar-refractivity contribution is -0.122. The molecular formula is C22H22N2OS. The van der Waals surface area contributed by atoms with Gasteiger partial charge in [0.25, 0.3) is 0 Å². The van der Waals surface area contributed by atoms with Crippen molar-refractivity contribution in [2.24, 2.45) is 16.7 Å². The Morgan fingerprint density at radius 2 is 1.88 bits per heavy atom. The van der Waals surface area contributed by atoms with Crippen molar-refractivity contribution in [3.8, 4) is 17.3 Å². The van der Waals surface area contributed by atoms with Crippen LogP contribution in [0.4, 0.5) is 0 Å². The molecule has 0 radical (unpaired) electrons. The second-order valence-electron chi connectivity index (χ2n) is 8.16. The fraction of sp³-hybridized carbons (Fsp3) is 0.409. The van der Waals surface area contributed by atoms with E-state index in [1.807, 2.05) is 42.5 Å². The number of hydrogen-bond donors (Lipinski definition) is 0. The topological polar surface area (TPSA) is 53.8 Å². The largest absolute Gasteiger partial charge is 0.298 e. The SMILES string of the molecule is CC1(C)C2CCC1(C)C(Sc1nc(-c3ccccc3)ccc1C#N)C2=O. The Kier molecular flexibility index (Phi) is 3.96. The Balaban J connectivity index is 1.73. The molecule has 2 fully saturated rings. The molecule has 3 unspecified atom stereocenters. The minimum absolute atomic E-state index is 0.00555. The number of nitriles is 1. The molecule has 3 nitrogen and oxygen atoms in total. The van der Waals surface area contributed by atoms with E-state index < -0.39 is 0 Å². The standard InChI is InChI=1S/C22H22N2OS/c1-21(2)16-11-12-22(21,3)19(18(16)25)26-20-15(13-23)9-10-17(24-20)14-7-5-4-6-8-14/h4-10,16,19H,11-12H2,1-3H3. The van der Waals surface area contributed by atoms with Gasteiger partial charge in [0.15, 0.2) is 0 Å². The number of rotatable bonds is 3. The van der Waals surface area contributed by atoms with Gasteiger partial charge in [0, 0.05) is 11.5 Å². The molecule has 2 bridgehead atoms. The minimum atomic E-state index is -0.123. The molecular weight excluding hydrogens is 340 g/mol. The monoisotopic (exact) mass is 362 g/mol. The fourth-order valence-corrected chi connectivity index (χ4v) is 6.25. The highest BCUT2D eigenvalue weighted by atomic mass is 32.2. The van der Waals surface area contributed by atoms with Crippen LogP contribution in [0.3, 0.4) is 0 Å². The molecule has 4 rings (SSSR count). The summed E-state index contributed by atoms with van der Waals surface area (Å²) in [7, 11) is 0. The first-order valence-electron chi connectivity index (χ1n) is 9.05. The highest BCUT2D eigenvalue weighted by molar-refractivity contribution is 8.00. The number of carbonyl (C=O) groups excluding carboxylic acids is 1. The molecule has 132 valence electrons. The zero-order chi connectivity index (χ0) is 18.5. The average molecular weight is 362 g/mol. The van der Waals surface area contributed by atoms with Crippen LogP contribution in [0.15, 0.2) is 47.5 Å². The van der Waals surface area contributed by atoms with E-state index in [9.17, 15) is 10.1 Å². The summed E-state index contributed by atoms with van der Waals surface area (Å²) in [6.07, 6.45) is 2.05. The maximum absolute atomic E-state index is 13.0. The van der Waals surface area contributed by atoms with E-state index in [2.05, 4.69) is 26.8 Å². The van der Waals surface area contributed by atoms with Crippen LogP contribution in [-0.4, -0.2) is 16.0 Å². The predicted octanol–water partition coefficient (Wildman–Crippen LogP) is 5.11. The molecule has 1 heterocycles. The fourth-order valence-electron chi connectivity index (χ4n) is 4.67. The van der Waals surface area contributed by atoms with Gasteiger partial charge < -0.3 is 0 Å². The summed E-state index contributed by atoms with van der Waals surface area (Å²) in [6, 6.07) is 15.9. The van der Waals surface area contributed by atoms with Crippen LogP contribution in [0.2, 0.25) is 0 Å². The molecule has 0 N–H and O–H groups in total. The number of carbonyl (C=O) groups is 1. The van der Waals surface area contributed by atoms with Crippen LogP contribution in [-0.2, 0) is 4.79 Å². The third-order valence-electron chi connectivity index (χ3n) is 6.76. The number of benzene rings is 1. The summed E-state index contributed by atoms with van der Waals surface area (Å²) in [6.45, 7) is 6.69. The number of aromatic nitrogens is 1. The van der Waals surface area contributed by atoms with Gasteiger partial charge in [-0.25, -0.2) is 4.98 Å². The summed E-state index contributed by atoms with van der Waals surface area (Å²) in [5, 5.41) is 10.1. The number of Topliss-reactive ketones (excluding diaryl/α,β-unsaturated/α-hetero) is 1. The number of fused-ring (bicyclic) bond motifs is 2. The van der Waals surface area contributed by atoms with Gasteiger partial charge in [-0.3, -0.25) is 4.79 Å². The maximum Gasteiger partial charge on any atom is 0.150 e. The Morgan fingerprint density at radius 3 is 2.50 bits per heavy atom. The lowest BCUT2D eigenvalue weighted by atomic mass is 9.71. The number of pyridine rings is 1. The van der Waals surface area contributed by atoms with Crippen LogP contribution < -0.4 is 0 Å². The molecule has 2 aliphatic rings. The second-order valence-corrected chi connectivity index (χ2v) is 9.25. The summed E-state index contributed by atoms with van der Waals surface area (Å²) in [5.41, 5.74) is 2.37. The molecule has 0 aliphatic heterocycles. The van der Waals surface area contributed by atoms with Gasteiger partial charge in [-0.15, -0.1) is 0 Å². The maximum atomic E-state index is 13.0. The quantitative estimate of drug-likeness (QED) is 0.762. The Labute approximate surface area is 158 Å². The lowest BCUT2D eigenvalue weighted by Crippen LogP contribution is -2.35. The summed E-state index contributed by atoms with van der Waals surface area (Å²) < 4.78 is 0. The first-order chi connectivity index (χ1) is 12.4. The van der Waals surface area contributed by atoms with Crippen molar-refractivity contribution in [2.75, 3.05) is 0 Å². The van der Waals surface area contributed by atoms with Crippen molar-refractivity contribution in [3.63, 3.8) is 0 Å². The van der Waals surface area contributed by atoms with Crippen molar-refractivity contribution in [3.05, 3.63) is 48.0 Å². The third-order valence-corrected chi connectivity index (χ3v) is 8.28. The van der Waals surface area contributed by atoms with Crippen molar-refractivity contribution in [1.29, 1.82) is 5.26 Å². The molecule has 1 aromatic carbocycles. The van der Waals surface area contributed by atoms with Crippen molar-refractivity contribution < 1.29 is 4.79 Å². The van der Waals surface area contributed by atoms with Gasteiger partial charge in [0.05, 0.1) is 16.5 Å². The van der Waals surface area contributed by atoms with Crippen LogP contribution in [0.25, 0.3) is 11.3 Å². The van der Waals surface area contributed by atoms with Gasteiger partial charge >= 0.3 is 0 Å². The zero-order valence-corrected chi connectivity index (χ0v) is 16.1. The van der Waals surface area contributed by atoms with E-state index in [1.54, 1.807) is 0 Å². The second kappa shape index (κ2) is 5.96. The molecule has 2 saturated carbocycles. The molecule has 0 spiro atoms. The van der Waals surface area contributed by atoms with Crippen LogP contribution in [0.1, 0.15) is 39.2 Å². The zero-order valence-electron chi connectivity index (χ0n) is 15.3. The first-order valence-corrected chi connectivity index (χ1v) is 9.93. The summed E-state index contributed by atoms with van der Waals surface area (Å²) in [5.74, 6) is 0.470. The smallest absolute Gasteiger partial charge is 0.150 e. The average Bonchev–Trinajstić information content (AvgIpc) is 2.96. The lowest BCUT2D eigenvalue weighted by Gasteiger charge is -2.37. The molecule has 2 aliphatic carbocycles. The van der Waals surface area contributed by atoms with Crippen molar-refractivity contribution >= 4 is 17.5 Å². The molecule has 26 heavy (non-hydrogen) atoms. The van der Waals surface area contributed by atoms with Crippen LogP contribution in [0, 0.1) is 28.1 Å². The number of thioether (sulfide) groups is 1. The predicted molar refractivity (Wildman–Crippen MR) is 104 cm³/mol. The molecule has 2 aromatic rings. The molecule has 0 amide bonds. The Morgan fingerprint density at radius 1 is 1.15 bits per heavy atom. The van der Waals surface area contributed by atoms with Gasteiger partial charge in [-0.2, -0.15) is 5.26 Å². The van der Waals surface area contributed by atoms with E-state index in [4.69, 9.17) is 4.98 Å². The van der Waals surface area contributed by atoms with Crippen molar-refractivity contribution in [2.45, 2.75) is 43.9 Å². The van der Waals surface area contributed by atoms with Gasteiger partial charge in [-0.05, 0) is 35.8 Å². The normalized spacial score (nSPS) is 28.9.